The maximum Gasteiger partial charge on any atom is 0.408 e. The number of fused-ring (bicyclic) bond motifs is 4. The van der Waals surface area contributed by atoms with E-state index in [4.69, 9.17) is 36.6 Å². The Bertz CT molecular complexity index is 6390. The Kier molecular flexibility index (Phi) is 37.0. The quantitative estimate of drug-likeness (QED) is 0.0285. The number of pyridine rings is 1. The predicted molar refractivity (Wildman–Crippen MR) is 553 cm³/mol. The fraction of sp³-hybridized carbons (Fsp3) is 0.308. The van der Waals surface area contributed by atoms with Crippen molar-refractivity contribution in [3.05, 3.63) is 389 Å². The van der Waals surface area contributed by atoms with Crippen LogP contribution in [0.15, 0.2) is 340 Å². The lowest BCUT2D eigenvalue weighted by atomic mass is 10.0. The number of aryl methyl sites for hydroxylation is 1. The first kappa shape index (κ1) is 105. The van der Waals surface area contributed by atoms with Crippen molar-refractivity contribution >= 4 is 91.9 Å². The van der Waals surface area contributed by atoms with Crippen molar-refractivity contribution in [3.63, 3.8) is 0 Å². The molecule has 0 spiro atoms. The van der Waals surface area contributed by atoms with E-state index in [-0.39, 0.29) is 29.5 Å². The summed E-state index contributed by atoms with van der Waals surface area (Å²) in [4.78, 5) is 118. The smallest absolute Gasteiger partial charge is 0.408 e. The summed E-state index contributed by atoms with van der Waals surface area (Å²) in [7, 11) is 0. The van der Waals surface area contributed by atoms with Crippen LogP contribution in [0.4, 0.5) is 19.2 Å². The standard InChI is InChI=1S/C30H33N3O4.2C30H32N2O4.C27H34N2O4/c1-21-14-24(18-31-17-21)20-33(19-23-10-11-27-25(15-23)12-13-36-27)28(34)26(16-22-8-6-5-7-9-22)32-29(35)37-30(2,3)4;2*1-30(2,3)36-29(34)31-26(19-22-10-6-4-7-11-22)28(33)32(20-23-12-8-5-9-13-23)21-24-14-15-27-25(18-24)16-17-35-27;1-19(2)15-23(28-26(31)33-27(3,4)5)25(30)29(17-20-9-7-6-8-10-20)18-21-11-12-24-22(16-21)13-14-32-24/h5-15,17-18,26H,16,19-20H2,1-4H3,(H,32,35);2*4-18,26H,19-21H2,1-3H3,(H,31,34);6-14,16,19,23H,15,17-18H2,1-5H3,(H,28,31)/t3*26-;23-/m1100/s1. The van der Waals surface area contributed by atoms with Gasteiger partial charge >= 0.3 is 24.4 Å². The summed E-state index contributed by atoms with van der Waals surface area (Å²) in [5.74, 6) is -0.481. The van der Waals surface area contributed by atoms with Crippen molar-refractivity contribution in [2.24, 2.45) is 5.92 Å². The third kappa shape index (κ3) is 34.5. The maximum atomic E-state index is 14.1. The average Bonchev–Trinajstić information content (AvgIpc) is 1.22. The number of hydrogen-bond acceptors (Lipinski definition) is 17. The monoisotopic (exact) mass is 1920 g/mol. The summed E-state index contributed by atoms with van der Waals surface area (Å²) in [6.07, 6.45) is 9.28. The van der Waals surface area contributed by atoms with Gasteiger partial charge in [-0.15, -0.1) is 0 Å². The Hall–Kier alpha value is -15.5. The van der Waals surface area contributed by atoms with Crippen molar-refractivity contribution in [3.8, 4) is 0 Å². The number of benzene rings is 10. The minimum absolute atomic E-state index is 0.134. The Morgan fingerprint density at radius 2 is 0.500 bits per heavy atom. The molecule has 10 aromatic carbocycles. The molecule has 5 heterocycles. The molecule has 15 rings (SSSR count). The van der Waals surface area contributed by atoms with Gasteiger partial charge in [0.25, 0.3) is 0 Å². The molecule has 0 saturated carbocycles. The zero-order chi connectivity index (χ0) is 102. The van der Waals surface area contributed by atoms with Gasteiger partial charge in [-0.25, -0.2) is 19.2 Å². The highest BCUT2D eigenvalue weighted by atomic mass is 16.6. The molecule has 0 unspecified atom stereocenters. The first-order chi connectivity index (χ1) is 67.8. The Balaban J connectivity index is 0.000000169. The van der Waals surface area contributed by atoms with Gasteiger partial charge in [0.1, 0.15) is 68.9 Å². The van der Waals surface area contributed by atoms with Crippen LogP contribution in [0.2, 0.25) is 0 Å². The van der Waals surface area contributed by atoms with Gasteiger partial charge in [-0.05, 0) is 242 Å². The third-order valence-corrected chi connectivity index (χ3v) is 22.3. The number of ether oxygens (including phenoxy) is 4. The van der Waals surface area contributed by atoms with Crippen molar-refractivity contribution in [2.45, 2.75) is 228 Å². The van der Waals surface area contributed by atoms with Gasteiger partial charge in [-0.2, -0.15) is 0 Å². The molecule has 740 valence electrons. The van der Waals surface area contributed by atoms with Crippen LogP contribution in [0.25, 0.3) is 43.9 Å². The number of alkyl carbamates (subject to hydrolysis) is 4. The molecule has 25 heteroatoms. The van der Waals surface area contributed by atoms with Gasteiger partial charge < -0.3 is 77.5 Å². The Morgan fingerprint density at radius 1 is 0.275 bits per heavy atom. The van der Waals surface area contributed by atoms with Gasteiger partial charge in [0.05, 0.1) is 25.1 Å². The fourth-order valence-corrected chi connectivity index (χ4v) is 16.0. The second kappa shape index (κ2) is 49.9. The molecule has 0 saturated heterocycles. The molecule has 0 radical (unpaired) electrons. The van der Waals surface area contributed by atoms with Crippen LogP contribution in [-0.2, 0) is 110 Å². The molecule has 8 amide bonds. The van der Waals surface area contributed by atoms with E-state index in [1.807, 2.05) is 306 Å². The SMILES string of the molecule is CC(C)(C)OC(=O)N[C@@H](Cc1ccccc1)C(=O)N(Cc1ccccc1)Cc1ccc2occc2c1.CC(C)(C)OC(=O)N[C@H](Cc1ccccc1)C(=O)N(Cc1ccccc1)Cc1ccc2occc2c1.CC(C)C[C@H](NC(=O)OC(C)(C)C)C(=O)N(Cc1ccccc1)Cc1ccc2occc2c1.Cc1cncc(CN(Cc2ccc3occc3c2)C(=O)[C@@H](Cc2ccccc2)NC(=O)OC(C)(C)C)c1. The highest BCUT2D eigenvalue weighted by molar-refractivity contribution is 5.90. The molecule has 0 aliphatic rings. The van der Waals surface area contributed by atoms with Crippen LogP contribution in [0.3, 0.4) is 0 Å². The zero-order valence-electron chi connectivity index (χ0n) is 83.7. The van der Waals surface area contributed by atoms with E-state index in [2.05, 4.69) is 26.3 Å². The van der Waals surface area contributed by atoms with E-state index in [1.54, 1.807) is 140 Å². The lowest BCUT2D eigenvalue weighted by Crippen LogP contribution is -2.50. The largest absolute Gasteiger partial charge is 0.464 e. The number of carbonyl (C=O) groups excluding carboxylic acids is 8. The lowest BCUT2D eigenvalue weighted by molar-refractivity contribution is -0.135. The Morgan fingerprint density at radius 3 is 0.739 bits per heavy atom. The molecule has 142 heavy (non-hydrogen) atoms. The van der Waals surface area contributed by atoms with Crippen molar-refractivity contribution in [2.75, 3.05) is 0 Å². The van der Waals surface area contributed by atoms with Gasteiger partial charge in [0.2, 0.25) is 23.6 Å². The lowest BCUT2D eigenvalue weighted by Gasteiger charge is -2.30. The minimum atomic E-state index is -0.812. The molecule has 15 aromatic rings. The molecule has 0 aliphatic carbocycles. The summed E-state index contributed by atoms with van der Waals surface area (Å²) in [6, 6.07) is 88.7. The number of amides is 8. The Labute approximate surface area is 831 Å². The van der Waals surface area contributed by atoms with Crippen molar-refractivity contribution < 1.29 is 75.0 Å². The molecule has 25 nitrogen and oxygen atoms in total. The van der Waals surface area contributed by atoms with E-state index >= 15 is 0 Å². The number of nitrogens with one attached hydrogen (secondary N) is 4. The molecular weight excluding hydrogens is 1790 g/mol. The molecule has 4 atom stereocenters. The van der Waals surface area contributed by atoms with Crippen molar-refractivity contribution in [1.82, 2.24) is 45.9 Å². The highest BCUT2D eigenvalue weighted by Crippen LogP contribution is 2.29. The van der Waals surface area contributed by atoms with E-state index in [0.717, 1.165) is 111 Å². The average molecular weight is 1920 g/mol. The molecule has 4 N–H and O–H groups in total. The van der Waals surface area contributed by atoms with Crippen LogP contribution in [0.5, 0.6) is 0 Å². The second-order valence-corrected chi connectivity index (χ2v) is 39.8. The van der Waals surface area contributed by atoms with E-state index in [9.17, 15) is 38.4 Å². The summed E-state index contributed by atoms with van der Waals surface area (Å²) >= 11 is 0. The first-order valence-corrected chi connectivity index (χ1v) is 47.9. The molecule has 0 aliphatic heterocycles. The summed E-state index contributed by atoms with van der Waals surface area (Å²) in [6.45, 7) is 30.8. The molecule has 5 aromatic heterocycles. The van der Waals surface area contributed by atoms with E-state index < -0.39 is 70.9 Å². The summed E-state index contributed by atoms with van der Waals surface area (Å²) in [5, 5.41) is 15.2. The maximum absolute atomic E-state index is 14.1. The van der Waals surface area contributed by atoms with Crippen LogP contribution >= 0.6 is 0 Å². The number of hydrogen-bond donors (Lipinski definition) is 4. The van der Waals surface area contributed by atoms with Crippen LogP contribution in [-0.4, -0.2) is 119 Å². The second-order valence-electron chi connectivity index (χ2n) is 39.8. The molecular formula is C117H131N9O16. The molecule has 0 fully saturated rings. The summed E-state index contributed by atoms with van der Waals surface area (Å²) in [5.41, 5.74) is 12.2. The highest BCUT2D eigenvalue weighted by Gasteiger charge is 2.35. The van der Waals surface area contributed by atoms with E-state index in [1.165, 1.54) is 0 Å². The summed E-state index contributed by atoms with van der Waals surface area (Å²) < 4.78 is 43.7. The topological polar surface area (TPSA) is 300 Å². The number of furan rings is 4. The predicted octanol–water partition coefficient (Wildman–Crippen LogP) is 23.9. The van der Waals surface area contributed by atoms with Crippen LogP contribution in [0.1, 0.15) is 170 Å². The van der Waals surface area contributed by atoms with Gasteiger partial charge in [0.15, 0.2) is 0 Å². The van der Waals surface area contributed by atoms with Gasteiger partial charge in [0, 0.05) is 106 Å². The number of rotatable bonds is 32. The first-order valence-electron chi connectivity index (χ1n) is 47.9. The van der Waals surface area contributed by atoms with Gasteiger partial charge in [-0.3, -0.25) is 24.2 Å². The number of carbonyl (C=O) groups is 8. The minimum Gasteiger partial charge on any atom is -0.464 e. The molecule has 0 bridgehead atoms. The van der Waals surface area contributed by atoms with Crippen molar-refractivity contribution in [1.29, 1.82) is 0 Å². The number of nitrogens with zero attached hydrogens (tertiary/aromatic N) is 5. The van der Waals surface area contributed by atoms with Crippen LogP contribution < -0.4 is 21.3 Å². The number of aromatic nitrogens is 1. The third-order valence-electron chi connectivity index (χ3n) is 22.3. The van der Waals surface area contributed by atoms with Crippen LogP contribution in [0, 0.1) is 12.8 Å². The zero-order valence-corrected chi connectivity index (χ0v) is 83.7. The normalized spacial score (nSPS) is 12.3. The van der Waals surface area contributed by atoms with Gasteiger partial charge in [-0.1, -0.05) is 226 Å². The fourth-order valence-electron chi connectivity index (χ4n) is 16.0. The van der Waals surface area contributed by atoms with E-state index in [0.29, 0.717) is 78.0 Å².